The fourth-order valence-electron chi connectivity index (χ4n) is 4.67. The van der Waals surface area contributed by atoms with Crippen molar-refractivity contribution in [2.75, 3.05) is 17.4 Å². The molecule has 1 atom stereocenters. The zero-order valence-electron chi connectivity index (χ0n) is 24.9. The highest BCUT2D eigenvalue weighted by atomic mass is 35.5. The number of amides is 2. The molecule has 0 saturated heterocycles. The van der Waals surface area contributed by atoms with E-state index in [1.54, 1.807) is 48.5 Å². The van der Waals surface area contributed by atoms with Crippen LogP contribution >= 0.6 is 23.2 Å². The number of rotatable bonds is 13. The van der Waals surface area contributed by atoms with Gasteiger partial charge in [0.15, 0.2) is 0 Å². The Kier molecular flexibility index (Phi) is 11.6. The summed E-state index contributed by atoms with van der Waals surface area (Å²) >= 11 is 12.5. The molecule has 0 aliphatic heterocycles. The number of nitrogens with zero attached hydrogens (tertiary/aromatic N) is 2. The molecule has 236 valence electrons. The van der Waals surface area contributed by atoms with Crippen molar-refractivity contribution in [3.05, 3.63) is 130 Å². The van der Waals surface area contributed by atoms with E-state index in [0.29, 0.717) is 17.1 Å². The highest BCUT2D eigenvalue weighted by Gasteiger charge is 2.34. The molecule has 0 fully saturated rings. The van der Waals surface area contributed by atoms with Gasteiger partial charge in [0, 0.05) is 19.5 Å². The Bertz CT molecular complexity index is 1710. The molecular weight excluding hydrogens is 636 g/mol. The Morgan fingerprint density at radius 1 is 0.822 bits per heavy atom. The van der Waals surface area contributed by atoms with Gasteiger partial charge in [0.2, 0.25) is 11.8 Å². The van der Waals surface area contributed by atoms with E-state index >= 15 is 0 Å². The van der Waals surface area contributed by atoms with Crippen LogP contribution < -0.4 is 9.62 Å². The topological polar surface area (TPSA) is 86.8 Å². The summed E-state index contributed by atoms with van der Waals surface area (Å²) in [6.07, 6.45) is 0.174. The third kappa shape index (κ3) is 9.06. The van der Waals surface area contributed by atoms with Crippen LogP contribution in [0.25, 0.3) is 0 Å². The maximum atomic E-state index is 14.4. The van der Waals surface area contributed by atoms with Crippen molar-refractivity contribution in [1.82, 2.24) is 10.2 Å². The number of hydrogen-bond donors (Lipinski definition) is 1. The normalized spacial score (nSPS) is 12.0. The third-order valence-electron chi connectivity index (χ3n) is 7.02. The fraction of sp³-hybridized carbons (Fsp3) is 0.235. The largest absolute Gasteiger partial charge is 0.354 e. The summed E-state index contributed by atoms with van der Waals surface area (Å²) in [4.78, 5) is 29.4. The van der Waals surface area contributed by atoms with E-state index in [-0.39, 0.29) is 40.4 Å². The molecular formula is C34H34Cl2FN3O4S. The van der Waals surface area contributed by atoms with Crippen molar-refractivity contribution in [2.24, 2.45) is 5.92 Å². The van der Waals surface area contributed by atoms with Gasteiger partial charge in [-0.1, -0.05) is 91.6 Å². The first kappa shape index (κ1) is 34.0. The minimum atomic E-state index is -4.33. The Hall–Kier alpha value is -3.92. The lowest BCUT2D eigenvalue weighted by Gasteiger charge is -2.34. The van der Waals surface area contributed by atoms with E-state index in [1.165, 1.54) is 4.90 Å². The van der Waals surface area contributed by atoms with E-state index in [1.807, 2.05) is 44.2 Å². The molecule has 1 unspecified atom stereocenters. The second kappa shape index (κ2) is 15.4. The zero-order chi connectivity index (χ0) is 32.6. The van der Waals surface area contributed by atoms with Crippen LogP contribution in [0.2, 0.25) is 10.0 Å². The number of halogens is 3. The molecule has 7 nitrogen and oxygen atoms in total. The van der Waals surface area contributed by atoms with Gasteiger partial charge in [-0.05, 0) is 65.6 Å². The van der Waals surface area contributed by atoms with Crippen molar-refractivity contribution in [3.63, 3.8) is 0 Å². The minimum absolute atomic E-state index is 0.0540. The summed E-state index contributed by atoms with van der Waals surface area (Å²) < 4.78 is 42.5. The fourth-order valence-corrected chi connectivity index (χ4v) is 6.40. The van der Waals surface area contributed by atoms with Crippen LogP contribution in [0.1, 0.15) is 25.0 Å². The van der Waals surface area contributed by atoms with E-state index in [0.717, 1.165) is 34.1 Å². The van der Waals surface area contributed by atoms with Crippen LogP contribution in [0.3, 0.4) is 0 Å². The molecule has 1 N–H and O–H groups in total. The number of nitrogens with one attached hydrogen (secondary N) is 1. The monoisotopic (exact) mass is 669 g/mol. The maximum absolute atomic E-state index is 14.4. The highest BCUT2D eigenvalue weighted by Crippen LogP contribution is 2.27. The lowest BCUT2D eigenvalue weighted by atomic mass is 10.0. The van der Waals surface area contributed by atoms with Gasteiger partial charge in [0.1, 0.15) is 18.4 Å². The number of para-hydroxylation sites is 1. The quantitative estimate of drug-likeness (QED) is 0.171. The highest BCUT2D eigenvalue weighted by molar-refractivity contribution is 7.92. The molecule has 0 bridgehead atoms. The number of sulfonamides is 1. The lowest BCUT2D eigenvalue weighted by Crippen LogP contribution is -2.53. The first-order valence-electron chi connectivity index (χ1n) is 14.3. The van der Waals surface area contributed by atoms with Crippen molar-refractivity contribution in [2.45, 2.75) is 37.8 Å². The number of hydrogen-bond acceptors (Lipinski definition) is 4. The Morgan fingerprint density at radius 3 is 2.04 bits per heavy atom. The summed E-state index contributed by atoms with van der Waals surface area (Å²) in [7, 11) is -4.33. The number of carbonyl (C=O) groups is 2. The smallest absolute Gasteiger partial charge is 0.264 e. The predicted molar refractivity (Wildman–Crippen MR) is 176 cm³/mol. The number of carbonyl (C=O) groups excluding carboxylic acids is 2. The Balaban J connectivity index is 1.79. The van der Waals surface area contributed by atoms with Gasteiger partial charge in [0.05, 0.1) is 20.6 Å². The molecule has 0 saturated carbocycles. The minimum Gasteiger partial charge on any atom is -0.354 e. The Labute approximate surface area is 273 Å². The first-order valence-corrected chi connectivity index (χ1v) is 16.5. The van der Waals surface area contributed by atoms with Gasteiger partial charge < -0.3 is 10.2 Å². The number of anilines is 1. The van der Waals surface area contributed by atoms with E-state index in [9.17, 15) is 22.4 Å². The van der Waals surface area contributed by atoms with Gasteiger partial charge in [-0.25, -0.2) is 12.8 Å². The van der Waals surface area contributed by atoms with Crippen molar-refractivity contribution >= 4 is 50.7 Å². The van der Waals surface area contributed by atoms with Gasteiger partial charge in [-0.2, -0.15) is 0 Å². The lowest BCUT2D eigenvalue weighted by molar-refractivity contribution is -0.140. The standard InChI is InChI=1S/C34H34Cl2FN3O4S/c1-24(2)21-38-34(42)32(20-25-9-5-3-6-10-25)39(22-26-13-18-30(35)31(36)19-26)33(41)23-40(28-11-7-4-8-12-28)45(43,44)29-16-14-27(37)15-17-29/h3-19,24,32H,20-23H2,1-2H3,(H,38,42). The second-order valence-electron chi connectivity index (χ2n) is 10.9. The predicted octanol–water partition coefficient (Wildman–Crippen LogP) is 6.74. The summed E-state index contributed by atoms with van der Waals surface area (Å²) in [6.45, 7) is 3.62. The summed E-state index contributed by atoms with van der Waals surface area (Å²) in [6, 6.07) is 25.7. The van der Waals surface area contributed by atoms with Crippen LogP contribution in [0, 0.1) is 11.7 Å². The van der Waals surface area contributed by atoms with Crippen LogP contribution in [-0.4, -0.2) is 44.3 Å². The number of benzene rings is 4. The van der Waals surface area contributed by atoms with Gasteiger partial charge in [-0.15, -0.1) is 0 Å². The molecule has 0 aliphatic carbocycles. The average Bonchev–Trinajstić information content (AvgIpc) is 3.03. The van der Waals surface area contributed by atoms with Crippen molar-refractivity contribution in [3.8, 4) is 0 Å². The molecule has 45 heavy (non-hydrogen) atoms. The second-order valence-corrected chi connectivity index (χ2v) is 13.6. The van der Waals surface area contributed by atoms with Crippen LogP contribution in [0.5, 0.6) is 0 Å². The third-order valence-corrected chi connectivity index (χ3v) is 9.54. The van der Waals surface area contributed by atoms with Crippen molar-refractivity contribution < 1.29 is 22.4 Å². The van der Waals surface area contributed by atoms with Gasteiger partial charge in [-0.3, -0.25) is 13.9 Å². The molecule has 0 spiro atoms. The van der Waals surface area contributed by atoms with Crippen LogP contribution in [0.4, 0.5) is 10.1 Å². The molecule has 11 heteroatoms. The Morgan fingerprint density at radius 2 is 1.44 bits per heavy atom. The van der Waals surface area contributed by atoms with Crippen molar-refractivity contribution in [1.29, 1.82) is 0 Å². The summed E-state index contributed by atoms with van der Waals surface area (Å²) in [5.41, 5.74) is 1.64. The molecule has 4 aromatic rings. The van der Waals surface area contributed by atoms with Gasteiger partial charge in [0.25, 0.3) is 10.0 Å². The van der Waals surface area contributed by atoms with E-state index in [4.69, 9.17) is 23.2 Å². The zero-order valence-corrected chi connectivity index (χ0v) is 27.2. The molecule has 0 aliphatic rings. The maximum Gasteiger partial charge on any atom is 0.264 e. The SMILES string of the molecule is CC(C)CNC(=O)C(Cc1ccccc1)N(Cc1ccc(Cl)c(Cl)c1)C(=O)CN(c1ccccc1)S(=O)(=O)c1ccc(F)cc1. The van der Waals surface area contributed by atoms with E-state index < -0.39 is 34.3 Å². The molecule has 0 heterocycles. The molecule has 0 aromatic heterocycles. The molecule has 2 amide bonds. The molecule has 0 radical (unpaired) electrons. The molecule has 4 rings (SSSR count). The van der Waals surface area contributed by atoms with E-state index in [2.05, 4.69) is 5.32 Å². The van der Waals surface area contributed by atoms with Gasteiger partial charge >= 0.3 is 0 Å². The first-order chi connectivity index (χ1) is 21.5. The molecule has 4 aromatic carbocycles. The summed E-state index contributed by atoms with van der Waals surface area (Å²) in [5, 5.41) is 3.54. The summed E-state index contributed by atoms with van der Waals surface area (Å²) in [5.74, 6) is -1.45. The average molecular weight is 671 g/mol. The van der Waals surface area contributed by atoms with Crippen LogP contribution in [0.15, 0.2) is 108 Å². The van der Waals surface area contributed by atoms with Crippen LogP contribution in [-0.2, 0) is 32.6 Å².